The van der Waals surface area contributed by atoms with Gasteiger partial charge in [0.05, 0.1) is 5.56 Å². The van der Waals surface area contributed by atoms with Crippen molar-refractivity contribution in [3.8, 4) is 16.9 Å². The molecule has 3 aromatic carbocycles. The number of carbonyl (C=O) groups is 3. The van der Waals surface area contributed by atoms with Crippen LogP contribution >= 0.6 is 0 Å². The molecule has 0 aliphatic rings. The zero-order valence-corrected chi connectivity index (χ0v) is 16.7. The summed E-state index contributed by atoms with van der Waals surface area (Å²) in [6.07, 6.45) is 0. The Kier molecular flexibility index (Phi) is 6.60. The lowest BCUT2D eigenvalue weighted by atomic mass is 10.0. The number of amides is 1. The summed E-state index contributed by atoms with van der Waals surface area (Å²) < 4.78 is 10.2. The van der Waals surface area contributed by atoms with E-state index in [1.54, 1.807) is 55.6 Å². The lowest BCUT2D eigenvalue weighted by Crippen LogP contribution is -2.31. The minimum Gasteiger partial charge on any atom is -0.452 e. The number of hydrogen-bond acceptors (Lipinski definition) is 5. The Bertz CT molecular complexity index is 1030. The van der Waals surface area contributed by atoms with Crippen molar-refractivity contribution in [2.75, 3.05) is 18.6 Å². The van der Waals surface area contributed by atoms with Crippen molar-refractivity contribution in [3.63, 3.8) is 0 Å². The van der Waals surface area contributed by atoms with Crippen LogP contribution in [0, 0.1) is 0 Å². The van der Waals surface area contributed by atoms with Gasteiger partial charge in [0.1, 0.15) is 5.75 Å². The van der Waals surface area contributed by atoms with Gasteiger partial charge in [-0.3, -0.25) is 9.59 Å². The van der Waals surface area contributed by atoms with Crippen LogP contribution in [0.4, 0.5) is 5.69 Å². The van der Waals surface area contributed by atoms with E-state index in [1.165, 1.54) is 11.8 Å². The molecule has 3 rings (SSSR count). The number of rotatable bonds is 6. The van der Waals surface area contributed by atoms with Crippen LogP contribution in [0.1, 0.15) is 17.3 Å². The second-order valence-electron chi connectivity index (χ2n) is 6.56. The topological polar surface area (TPSA) is 72.9 Å². The highest BCUT2D eigenvalue weighted by Gasteiger charge is 2.15. The van der Waals surface area contributed by atoms with Gasteiger partial charge < -0.3 is 14.4 Å². The van der Waals surface area contributed by atoms with Crippen LogP contribution in [0.5, 0.6) is 5.75 Å². The number of benzene rings is 3. The van der Waals surface area contributed by atoms with Crippen molar-refractivity contribution in [2.45, 2.75) is 6.92 Å². The zero-order valence-electron chi connectivity index (χ0n) is 16.7. The van der Waals surface area contributed by atoms with Gasteiger partial charge in [0.25, 0.3) is 5.91 Å². The van der Waals surface area contributed by atoms with E-state index in [1.807, 2.05) is 30.3 Å². The minimum atomic E-state index is -0.568. The Morgan fingerprint density at radius 2 is 1.37 bits per heavy atom. The Morgan fingerprint density at radius 3 is 1.93 bits per heavy atom. The Hall–Kier alpha value is -3.93. The van der Waals surface area contributed by atoms with Crippen LogP contribution in [0.2, 0.25) is 0 Å². The lowest BCUT2D eigenvalue weighted by Gasteiger charge is -2.17. The molecule has 1 amide bonds. The first-order chi connectivity index (χ1) is 14.4. The molecule has 30 heavy (non-hydrogen) atoms. The highest BCUT2D eigenvalue weighted by molar-refractivity contribution is 5.96. The molecular weight excluding hydrogens is 382 g/mol. The number of carbonyl (C=O) groups excluding carboxylic acids is 3. The van der Waals surface area contributed by atoms with Gasteiger partial charge in [-0.25, -0.2) is 4.79 Å². The molecular formula is C24H21NO5. The predicted octanol–water partition coefficient (Wildman–Crippen LogP) is 4.10. The zero-order chi connectivity index (χ0) is 21.5. The van der Waals surface area contributed by atoms with Gasteiger partial charge in [-0.15, -0.1) is 0 Å². The maximum Gasteiger partial charge on any atom is 0.338 e. The molecule has 0 aliphatic carbocycles. The fourth-order valence-corrected chi connectivity index (χ4v) is 2.78. The smallest absolute Gasteiger partial charge is 0.338 e. The SMILES string of the molecule is CC(=O)Oc1ccc(-c2ccc(C(=O)OCC(=O)N(C)c3ccccc3)cc2)cc1. The van der Waals surface area contributed by atoms with Crippen molar-refractivity contribution in [2.24, 2.45) is 0 Å². The van der Waals surface area contributed by atoms with E-state index < -0.39 is 5.97 Å². The molecule has 0 saturated carbocycles. The number of esters is 2. The van der Waals surface area contributed by atoms with Crippen molar-refractivity contribution >= 4 is 23.5 Å². The molecule has 152 valence electrons. The number of ether oxygens (including phenoxy) is 2. The highest BCUT2D eigenvalue weighted by atomic mass is 16.5. The Balaban J connectivity index is 1.58. The summed E-state index contributed by atoms with van der Waals surface area (Å²) in [5.41, 5.74) is 2.87. The molecule has 6 nitrogen and oxygen atoms in total. The standard InChI is InChI=1S/C24H21NO5/c1-17(26)30-22-14-12-19(13-15-22)18-8-10-20(11-9-18)24(28)29-16-23(27)25(2)21-6-4-3-5-7-21/h3-15H,16H2,1-2H3. The van der Waals surface area contributed by atoms with Gasteiger partial charge in [0.15, 0.2) is 6.61 Å². The average molecular weight is 403 g/mol. The maximum absolute atomic E-state index is 12.3. The average Bonchev–Trinajstić information content (AvgIpc) is 2.77. The normalized spacial score (nSPS) is 10.2. The van der Waals surface area contributed by atoms with Crippen molar-refractivity contribution < 1.29 is 23.9 Å². The first-order valence-corrected chi connectivity index (χ1v) is 9.31. The Labute approximate surface area is 174 Å². The Morgan fingerprint density at radius 1 is 0.800 bits per heavy atom. The van der Waals surface area contributed by atoms with Crippen LogP contribution < -0.4 is 9.64 Å². The van der Waals surface area contributed by atoms with Crippen molar-refractivity contribution in [1.82, 2.24) is 0 Å². The van der Waals surface area contributed by atoms with E-state index in [4.69, 9.17) is 9.47 Å². The molecule has 0 heterocycles. The summed E-state index contributed by atoms with van der Waals surface area (Å²) in [5.74, 6) is -0.795. The molecule has 0 saturated heterocycles. The van der Waals surface area contributed by atoms with E-state index in [0.717, 1.165) is 16.8 Å². The molecule has 6 heteroatoms. The van der Waals surface area contributed by atoms with Crippen LogP contribution in [-0.2, 0) is 14.3 Å². The maximum atomic E-state index is 12.3. The number of hydrogen-bond donors (Lipinski definition) is 0. The molecule has 0 atom stereocenters. The monoisotopic (exact) mass is 403 g/mol. The van der Waals surface area contributed by atoms with E-state index in [2.05, 4.69) is 0 Å². The number of anilines is 1. The van der Waals surface area contributed by atoms with E-state index in [0.29, 0.717) is 11.3 Å². The van der Waals surface area contributed by atoms with Gasteiger partial charge in [-0.1, -0.05) is 42.5 Å². The number of nitrogens with zero attached hydrogens (tertiary/aromatic N) is 1. The van der Waals surface area contributed by atoms with Gasteiger partial charge in [-0.05, 0) is 47.5 Å². The van der Waals surface area contributed by atoms with Crippen molar-refractivity contribution in [3.05, 3.63) is 84.4 Å². The fraction of sp³-hybridized carbons (Fsp3) is 0.125. The largest absolute Gasteiger partial charge is 0.452 e. The molecule has 0 N–H and O–H groups in total. The van der Waals surface area contributed by atoms with E-state index in [-0.39, 0.29) is 18.5 Å². The fourth-order valence-electron chi connectivity index (χ4n) is 2.78. The molecule has 0 aliphatic heterocycles. The predicted molar refractivity (Wildman–Crippen MR) is 113 cm³/mol. The summed E-state index contributed by atoms with van der Waals surface area (Å²) in [6.45, 7) is 1.00. The van der Waals surface area contributed by atoms with Crippen LogP contribution in [-0.4, -0.2) is 31.5 Å². The quantitative estimate of drug-likeness (QED) is 0.458. The second kappa shape index (κ2) is 9.52. The van der Waals surface area contributed by atoms with E-state index >= 15 is 0 Å². The molecule has 0 spiro atoms. The molecule has 0 aromatic heterocycles. The second-order valence-corrected chi connectivity index (χ2v) is 6.56. The number of likely N-dealkylation sites (N-methyl/N-ethyl adjacent to an activating group) is 1. The van der Waals surface area contributed by atoms with Crippen molar-refractivity contribution in [1.29, 1.82) is 0 Å². The molecule has 0 bridgehead atoms. The molecule has 0 radical (unpaired) electrons. The summed E-state index contributed by atoms with van der Waals surface area (Å²) in [7, 11) is 1.63. The number of para-hydroxylation sites is 1. The highest BCUT2D eigenvalue weighted by Crippen LogP contribution is 2.23. The molecule has 0 fully saturated rings. The van der Waals surface area contributed by atoms with Crippen LogP contribution in [0.15, 0.2) is 78.9 Å². The third-order valence-corrected chi connectivity index (χ3v) is 4.41. The van der Waals surface area contributed by atoms with Gasteiger partial charge >= 0.3 is 11.9 Å². The first kappa shape index (κ1) is 20.8. The summed E-state index contributed by atoms with van der Waals surface area (Å²) >= 11 is 0. The minimum absolute atomic E-state index is 0.320. The van der Waals surface area contributed by atoms with Gasteiger partial charge in [0.2, 0.25) is 0 Å². The third kappa shape index (κ3) is 5.32. The third-order valence-electron chi connectivity index (χ3n) is 4.41. The summed E-state index contributed by atoms with van der Waals surface area (Å²) in [6, 6.07) is 23.0. The molecule has 3 aromatic rings. The first-order valence-electron chi connectivity index (χ1n) is 9.31. The summed E-state index contributed by atoms with van der Waals surface area (Å²) in [4.78, 5) is 36.9. The van der Waals surface area contributed by atoms with Gasteiger partial charge in [-0.2, -0.15) is 0 Å². The lowest BCUT2D eigenvalue weighted by molar-refractivity contribution is -0.131. The summed E-state index contributed by atoms with van der Waals surface area (Å²) in [5, 5.41) is 0. The van der Waals surface area contributed by atoms with Gasteiger partial charge in [0, 0.05) is 19.7 Å². The van der Waals surface area contributed by atoms with Crippen LogP contribution in [0.3, 0.4) is 0 Å². The van der Waals surface area contributed by atoms with Crippen LogP contribution in [0.25, 0.3) is 11.1 Å². The van der Waals surface area contributed by atoms with E-state index in [9.17, 15) is 14.4 Å². The molecule has 0 unspecified atom stereocenters.